The third-order valence-electron chi connectivity index (χ3n) is 2.54. The van der Waals surface area contributed by atoms with Crippen molar-refractivity contribution < 1.29 is 13.6 Å². The van der Waals surface area contributed by atoms with Crippen LogP contribution >= 0.6 is 22.6 Å². The molecule has 0 spiro atoms. The number of hydrogen-bond acceptors (Lipinski definition) is 2. The topological polar surface area (TPSA) is 34.9 Å². The smallest absolute Gasteiger partial charge is 0.190 e. The first-order chi connectivity index (χ1) is 8.49. The normalized spacial score (nSPS) is 12.4. The molecule has 94 valence electrons. The monoisotopic (exact) mass is 362 g/mol. The molecule has 3 nitrogen and oxygen atoms in total. The van der Waals surface area contributed by atoms with Crippen molar-refractivity contribution in [2.75, 3.05) is 0 Å². The number of hydrogen-bond donors (Lipinski definition) is 0. The maximum absolute atomic E-state index is 13.5. The molecule has 2 rings (SSSR count). The van der Waals surface area contributed by atoms with E-state index in [-0.39, 0.29) is 5.56 Å². The van der Waals surface area contributed by atoms with Crippen LogP contribution in [0.15, 0.2) is 30.6 Å². The van der Waals surface area contributed by atoms with Gasteiger partial charge >= 0.3 is 0 Å². The lowest BCUT2D eigenvalue weighted by Gasteiger charge is -2.11. The highest BCUT2D eigenvalue weighted by Gasteiger charge is 2.21. The molecule has 0 N–H and O–H groups in total. The highest BCUT2D eigenvalue weighted by Crippen LogP contribution is 2.18. The first-order valence-corrected chi connectivity index (χ1v) is 6.26. The van der Waals surface area contributed by atoms with E-state index in [2.05, 4.69) is 27.7 Å². The van der Waals surface area contributed by atoms with Crippen molar-refractivity contribution in [3.63, 3.8) is 0 Å². The largest absolute Gasteiger partial charge is 0.292 e. The van der Waals surface area contributed by atoms with E-state index in [4.69, 9.17) is 0 Å². The summed E-state index contributed by atoms with van der Waals surface area (Å²) in [6.45, 7) is 1.62. The molecular formula is C12H9F2IN2O. The number of benzene rings is 1. The maximum atomic E-state index is 13.5. The van der Waals surface area contributed by atoms with Crippen LogP contribution in [0.4, 0.5) is 8.78 Å². The maximum Gasteiger partial charge on any atom is 0.190 e. The molecule has 0 bridgehead atoms. The van der Waals surface area contributed by atoms with Crippen LogP contribution in [0.1, 0.15) is 23.3 Å². The first kappa shape index (κ1) is 13.1. The van der Waals surface area contributed by atoms with Crippen LogP contribution in [0.2, 0.25) is 0 Å². The lowest BCUT2D eigenvalue weighted by atomic mass is 10.1. The van der Waals surface area contributed by atoms with Crippen molar-refractivity contribution in [3.05, 3.63) is 51.4 Å². The molecule has 0 aliphatic rings. The van der Waals surface area contributed by atoms with Gasteiger partial charge in [0.15, 0.2) is 5.78 Å². The molecular weight excluding hydrogens is 353 g/mol. The average Bonchev–Trinajstić information content (AvgIpc) is 2.74. The Morgan fingerprint density at radius 1 is 1.44 bits per heavy atom. The fourth-order valence-corrected chi connectivity index (χ4v) is 1.97. The van der Waals surface area contributed by atoms with Crippen LogP contribution in [0, 0.1) is 15.2 Å². The lowest BCUT2D eigenvalue weighted by molar-refractivity contribution is 0.0924. The minimum Gasteiger partial charge on any atom is -0.292 e. The highest BCUT2D eigenvalue weighted by molar-refractivity contribution is 14.1. The zero-order chi connectivity index (χ0) is 13.3. The molecule has 18 heavy (non-hydrogen) atoms. The van der Waals surface area contributed by atoms with E-state index >= 15 is 0 Å². The van der Waals surface area contributed by atoms with Crippen molar-refractivity contribution >= 4 is 28.4 Å². The summed E-state index contributed by atoms with van der Waals surface area (Å²) in [6.07, 6.45) is 3.29. The average molecular weight is 362 g/mol. The molecule has 0 fully saturated rings. The summed E-state index contributed by atoms with van der Waals surface area (Å²) in [5, 5.41) is 4.00. The zero-order valence-electron chi connectivity index (χ0n) is 9.40. The summed E-state index contributed by atoms with van der Waals surface area (Å²) in [5.74, 6) is -1.99. The molecule has 6 heteroatoms. The number of aromatic nitrogens is 2. The predicted molar refractivity (Wildman–Crippen MR) is 70.3 cm³/mol. The molecule has 0 aliphatic carbocycles. The van der Waals surface area contributed by atoms with Gasteiger partial charge in [0.05, 0.1) is 15.3 Å². The Labute approximate surface area is 116 Å². The van der Waals surface area contributed by atoms with E-state index in [1.807, 2.05) is 0 Å². The van der Waals surface area contributed by atoms with Gasteiger partial charge in [0.2, 0.25) is 0 Å². The van der Waals surface area contributed by atoms with Crippen LogP contribution in [-0.4, -0.2) is 15.6 Å². The second-order valence-electron chi connectivity index (χ2n) is 3.80. The molecule has 1 heterocycles. The van der Waals surface area contributed by atoms with E-state index in [1.54, 1.807) is 19.3 Å². The zero-order valence-corrected chi connectivity index (χ0v) is 11.6. The van der Waals surface area contributed by atoms with Crippen molar-refractivity contribution in [1.82, 2.24) is 9.78 Å². The molecule has 0 saturated carbocycles. The number of Topliss-reactive ketones (excluding diaryl/α,β-unsaturated/α-hetero) is 1. The molecule has 1 aromatic carbocycles. The molecule has 0 amide bonds. The summed E-state index contributed by atoms with van der Waals surface area (Å²) in [5.41, 5.74) is -0.130. The van der Waals surface area contributed by atoms with Crippen LogP contribution in [0.3, 0.4) is 0 Å². The van der Waals surface area contributed by atoms with Crippen molar-refractivity contribution in [2.24, 2.45) is 0 Å². The molecule has 0 aliphatic heterocycles. The second-order valence-corrected chi connectivity index (χ2v) is 5.05. The minimum atomic E-state index is -0.853. The standard InChI is InChI=1S/C12H9F2IN2O/c1-7(17-6-9(15)5-16-17)12(18)10-3-2-8(13)4-11(10)14/h2-7H,1H3. The Hall–Kier alpha value is -1.31. The lowest BCUT2D eigenvalue weighted by Crippen LogP contribution is -2.18. The number of rotatable bonds is 3. The number of halogens is 3. The third-order valence-corrected chi connectivity index (χ3v) is 3.10. The molecule has 2 aromatic rings. The van der Waals surface area contributed by atoms with Crippen LogP contribution in [-0.2, 0) is 0 Å². The fourth-order valence-electron chi connectivity index (χ4n) is 1.56. The van der Waals surface area contributed by atoms with E-state index in [0.29, 0.717) is 6.07 Å². The Bertz CT molecular complexity index is 598. The Kier molecular flexibility index (Phi) is 3.74. The van der Waals surface area contributed by atoms with Gasteiger partial charge in [-0.3, -0.25) is 9.48 Å². The van der Waals surface area contributed by atoms with Gasteiger partial charge in [-0.2, -0.15) is 5.10 Å². The molecule has 1 aromatic heterocycles. The molecule has 1 unspecified atom stereocenters. The van der Waals surface area contributed by atoms with Crippen LogP contribution < -0.4 is 0 Å². The van der Waals surface area contributed by atoms with Gasteiger partial charge in [-0.25, -0.2) is 8.78 Å². The number of carbonyl (C=O) groups is 1. The molecule has 1 atom stereocenters. The summed E-state index contributed by atoms with van der Waals surface area (Å²) < 4.78 is 28.6. The summed E-state index contributed by atoms with van der Waals surface area (Å²) in [4.78, 5) is 12.1. The van der Waals surface area contributed by atoms with Gasteiger partial charge in [-0.15, -0.1) is 0 Å². The Morgan fingerprint density at radius 3 is 2.72 bits per heavy atom. The Morgan fingerprint density at radius 2 is 2.17 bits per heavy atom. The van der Waals surface area contributed by atoms with Gasteiger partial charge in [0.1, 0.15) is 17.7 Å². The molecule has 0 saturated heterocycles. The van der Waals surface area contributed by atoms with Gasteiger partial charge < -0.3 is 0 Å². The number of carbonyl (C=O) groups excluding carboxylic acids is 1. The van der Waals surface area contributed by atoms with Gasteiger partial charge in [-0.05, 0) is 41.6 Å². The summed E-state index contributed by atoms with van der Waals surface area (Å²) in [7, 11) is 0. The second kappa shape index (κ2) is 5.13. The molecule has 0 radical (unpaired) electrons. The van der Waals surface area contributed by atoms with E-state index < -0.39 is 23.5 Å². The minimum absolute atomic E-state index is 0.130. The summed E-state index contributed by atoms with van der Waals surface area (Å²) >= 11 is 2.06. The van der Waals surface area contributed by atoms with Crippen molar-refractivity contribution in [3.8, 4) is 0 Å². The van der Waals surface area contributed by atoms with Gasteiger partial charge in [0, 0.05) is 12.3 Å². The first-order valence-electron chi connectivity index (χ1n) is 5.18. The highest BCUT2D eigenvalue weighted by atomic mass is 127. The predicted octanol–water partition coefficient (Wildman–Crippen LogP) is 3.21. The van der Waals surface area contributed by atoms with Crippen molar-refractivity contribution in [2.45, 2.75) is 13.0 Å². The quantitative estimate of drug-likeness (QED) is 0.621. The van der Waals surface area contributed by atoms with Crippen LogP contribution in [0.5, 0.6) is 0 Å². The van der Waals surface area contributed by atoms with Crippen LogP contribution in [0.25, 0.3) is 0 Å². The van der Waals surface area contributed by atoms with Crippen molar-refractivity contribution in [1.29, 1.82) is 0 Å². The van der Waals surface area contributed by atoms with E-state index in [0.717, 1.165) is 15.7 Å². The van der Waals surface area contributed by atoms with E-state index in [9.17, 15) is 13.6 Å². The third kappa shape index (κ3) is 2.58. The van der Waals surface area contributed by atoms with Gasteiger partial charge in [0.25, 0.3) is 0 Å². The fraction of sp³-hybridized carbons (Fsp3) is 0.167. The number of ketones is 1. The van der Waals surface area contributed by atoms with E-state index in [1.165, 1.54) is 4.68 Å². The Balaban J connectivity index is 2.31. The SMILES string of the molecule is CC(C(=O)c1ccc(F)cc1F)n1cc(I)cn1. The van der Waals surface area contributed by atoms with Gasteiger partial charge in [-0.1, -0.05) is 0 Å². The summed E-state index contributed by atoms with van der Waals surface area (Å²) in [6, 6.07) is 2.29. The number of nitrogens with zero attached hydrogens (tertiary/aromatic N) is 2.